The van der Waals surface area contributed by atoms with Gasteiger partial charge in [0.2, 0.25) is 23.7 Å². The Morgan fingerprint density at radius 1 is 0.667 bits per heavy atom. The van der Waals surface area contributed by atoms with E-state index in [0.29, 0.717) is 106 Å². The maximum absolute atomic E-state index is 13.0. The normalized spacial score (nSPS) is 11.2. The smallest absolute Gasteiger partial charge is 0.265 e. The SMILES string of the molecule is C=CC(=O)Nc1cc(Nc2nc(CN(C)CCN(C)c3cc(OC)c(Nc4nccc(-c5n[nH]c6ccccc56)n4)cc3NC(=O)C=C)cc(-c3c(C(N)=O)[nH]c4ccccc34)n2)c(OC)cc1N(C)CCN(C)C. The van der Waals surface area contributed by atoms with E-state index in [9.17, 15) is 14.4 Å². The zero-order valence-electron chi connectivity index (χ0n) is 42.9. The van der Waals surface area contributed by atoms with Gasteiger partial charge in [-0.3, -0.25) is 24.4 Å². The van der Waals surface area contributed by atoms with Gasteiger partial charge in [0.25, 0.3) is 5.91 Å². The molecule has 0 fully saturated rings. The van der Waals surface area contributed by atoms with Crippen LogP contribution >= 0.6 is 0 Å². The minimum absolute atomic E-state index is 0.192. The summed E-state index contributed by atoms with van der Waals surface area (Å²) in [6.45, 7) is 10.1. The largest absolute Gasteiger partial charge is 0.494 e. The molecule has 0 aliphatic heterocycles. The monoisotopic (exact) mass is 1010 g/mol. The Kier molecular flexibility index (Phi) is 16.0. The Hall–Kier alpha value is -9.34. The van der Waals surface area contributed by atoms with E-state index in [0.717, 1.165) is 28.5 Å². The third kappa shape index (κ3) is 12.0. The van der Waals surface area contributed by atoms with Gasteiger partial charge in [0.05, 0.1) is 70.9 Å². The molecule has 0 spiro atoms. The molecule has 0 saturated carbocycles. The lowest BCUT2D eigenvalue weighted by atomic mass is 10.1. The van der Waals surface area contributed by atoms with Gasteiger partial charge in [0.1, 0.15) is 22.9 Å². The number of fused-ring (bicyclic) bond motifs is 2. The molecular weight excluding hydrogens is 953 g/mol. The number of anilines is 8. The van der Waals surface area contributed by atoms with Crippen LogP contribution in [-0.2, 0) is 16.1 Å². The number of carbonyl (C=O) groups is 3. The van der Waals surface area contributed by atoms with E-state index in [2.05, 4.69) is 64.4 Å². The van der Waals surface area contributed by atoms with Gasteiger partial charge >= 0.3 is 0 Å². The summed E-state index contributed by atoms with van der Waals surface area (Å²) in [6, 6.07) is 26.1. The average molecular weight is 1010 g/mol. The zero-order chi connectivity index (χ0) is 53.3. The van der Waals surface area contributed by atoms with Gasteiger partial charge in [-0.25, -0.2) is 19.9 Å². The van der Waals surface area contributed by atoms with Crippen molar-refractivity contribution in [2.24, 2.45) is 5.73 Å². The molecule has 386 valence electrons. The van der Waals surface area contributed by atoms with Crippen LogP contribution in [0.2, 0.25) is 0 Å². The number of nitrogens with zero attached hydrogens (tertiary/aromatic N) is 9. The molecule has 0 bridgehead atoms. The Balaban J connectivity index is 1.09. The summed E-state index contributed by atoms with van der Waals surface area (Å²) in [5, 5.41) is 21.7. The molecule has 21 heteroatoms. The minimum atomic E-state index is -0.653. The van der Waals surface area contributed by atoms with Crippen LogP contribution in [-0.4, -0.2) is 138 Å². The van der Waals surface area contributed by atoms with Gasteiger partial charge in [-0.1, -0.05) is 49.6 Å². The van der Waals surface area contributed by atoms with Crippen LogP contribution in [0.1, 0.15) is 16.2 Å². The van der Waals surface area contributed by atoms with Crippen LogP contribution in [0, 0.1) is 0 Å². The standard InChI is InChI=1S/C54H60N16O5/c1-10-47(71)58-38-27-40(62-53-56-21-20-37(61-53)50-34-17-13-15-19-36(34)65-66-50)45(74-8)30-44(38)70(7)25-23-68(5)31-32-26-42(49-33-16-12-14-18-35(33)60-51(49)52(55)73)64-54(57-32)63-41-28-39(59-48(72)11-2)43(29-46(41)75-9)69(6)24-22-67(3)4/h10-21,26-30,60H,1-2,22-25,31H2,3-9H3,(H2,55,73)(H,58,71)(H,59,72)(H,65,66)(H,56,61,62)(H,57,63,64). The first-order valence-corrected chi connectivity index (χ1v) is 23.8. The van der Waals surface area contributed by atoms with Gasteiger partial charge in [-0.2, -0.15) is 5.10 Å². The lowest BCUT2D eigenvalue weighted by Gasteiger charge is -2.27. The van der Waals surface area contributed by atoms with E-state index in [1.54, 1.807) is 38.6 Å². The third-order valence-electron chi connectivity index (χ3n) is 12.3. The van der Waals surface area contributed by atoms with E-state index in [1.165, 1.54) is 12.2 Å². The molecule has 4 heterocycles. The van der Waals surface area contributed by atoms with Crippen LogP contribution in [0.4, 0.5) is 46.0 Å². The van der Waals surface area contributed by atoms with Crippen molar-refractivity contribution in [2.75, 3.05) is 107 Å². The highest BCUT2D eigenvalue weighted by molar-refractivity contribution is 6.09. The van der Waals surface area contributed by atoms with Crippen molar-refractivity contribution in [3.8, 4) is 34.1 Å². The number of carbonyl (C=O) groups excluding carboxylic acids is 3. The maximum Gasteiger partial charge on any atom is 0.265 e. The van der Waals surface area contributed by atoms with Crippen molar-refractivity contribution in [2.45, 2.75) is 6.54 Å². The number of para-hydroxylation sites is 2. The molecule has 4 aromatic heterocycles. The first kappa shape index (κ1) is 52.0. The summed E-state index contributed by atoms with van der Waals surface area (Å²) in [5.41, 5.74) is 14.0. The number of hydrogen-bond donors (Lipinski definition) is 7. The van der Waals surface area contributed by atoms with Crippen molar-refractivity contribution >= 4 is 85.5 Å². The molecule has 0 aliphatic carbocycles. The molecule has 0 atom stereocenters. The number of nitrogens with one attached hydrogen (secondary N) is 6. The summed E-state index contributed by atoms with van der Waals surface area (Å²) in [7, 11) is 12.9. The summed E-state index contributed by atoms with van der Waals surface area (Å²) >= 11 is 0. The van der Waals surface area contributed by atoms with Crippen LogP contribution in [0.15, 0.2) is 116 Å². The van der Waals surface area contributed by atoms with Crippen molar-refractivity contribution in [1.29, 1.82) is 0 Å². The summed E-state index contributed by atoms with van der Waals surface area (Å²) < 4.78 is 11.8. The number of aromatic amines is 2. The highest BCUT2D eigenvalue weighted by atomic mass is 16.5. The quantitative estimate of drug-likeness (QED) is 0.0309. The number of H-pyrrole nitrogens is 2. The Morgan fingerprint density at radius 3 is 1.84 bits per heavy atom. The predicted molar refractivity (Wildman–Crippen MR) is 297 cm³/mol. The molecule has 0 unspecified atom stereocenters. The molecule has 8 aromatic rings. The highest BCUT2D eigenvalue weighted by Crippen LogP contribution is 2.40. The number of ether oxygens (including phenoxy) is 2. The fourth-order valence-corrected chi connectivity index (χ4v) is 8.44. The fraction of sp³-hybridized carbons (Fsp3) is 0.222. The predicted octanol–water partition coefficient (Wildman–Crippen LogP) is 7.38. The van der Waals surface area contributed by atoms with E-state index in [4.69, 9.17) is 30.2 Å². The number of likely N-dealkylation sites (N-methyl/N-ethyl adjacent to an activating group) is 4. The molecule has 4 aromatic carbocycles. The Labute approximate surface area is 433 Å². The van der Waals surface area contributed by atoms with Crippen LogP contribution in [0.25, 0.3) is 44.5 Å². The second-order valence-corrected chi connectivity index (χ2v) is 17.9. The van der Waals surface area contributed by atoms with Crippen molar-refractivity contribution in [1.82, 2.24) is 44.9 Å². The van der Waals surface area contributed by atoms with Gasteiger partial charge in [0, 0.05) is 87.0 Å². The summed E-state index contributed by atoms with van der Waals surface area (Å²) in [4.78, 5) is 69.2. The number of rotatable bonds is 23. The number of amides is 3. The van der Waals surface area contributed by atoms with Crippen LogP contribution < -0.4 is 46.3 Å². The molecule has 3 amide bonds. The second kappa shape index (κ2) is 23.0. The lowest BCUT2D eigenvalue weighted by Crippen LogP contribution is -2.31. The topological polar surface area (TPSA) is 253 Å². The number of hydrogen-bond acceptors (Lipinski definition) is 16. The highest BCUT2D eigenvalue weighted by Gasteiger charge is 2.23. The number of benzene rings is 4. The van der Waals surface area contributed by atoms with Gasteiger partial charge in [-0.05, 0) is 69.7 Å². The first-order chi connectivity index (χ1) is 36.2. The van der Waals surface area contributed by atoms with E-state index < -0.39 is 11.8 Å². The number of nitrogens with two attached hydrogens (primary N) is 1. The minimum Gasteiger partial charge on any atom is -0.494 e. The first-order valence-electron chi connectivity index (χ1n) is 23.8. The van der Waals surface area contributed by atoms with Crippen molar-refractivity contribution in [3.05, 3.63) is 128 Å². The van der Waals surface area contributed by atoms with Gasteiger partial charge in [0.15, 0.2) is 0 Å². The third-order valence-corrected chi connectivity index (χ3v) is 12.3. The maximum atomic E-state index is 13.0. The molecule has 75 heavy (non-hydrogen) atoms. The zero-order valence-corrected chi connectivity index (χ0v) is 42.9. The molecule has 0 saturated heterocycles. The number of aromatic nitrogens is 7. The van der Waals surface area contributed by atoms with E-state index in [1.807, 2.05) is 112 Å². The summed E-state index contributed by atoms with van der Waals surface area (Å²) in [6.07, 6.45) is 4.05. The number of methoxy groups -OCH3 is 2. The second-order valence-electron chi connectivity index (χ2n) is 17.9. The lowest BCUT2D eigenvalue weighted by molar-refractivity contribution is -0.112. The number of primary amides is 1. The average Bonchev–Trinajstić information content (AvgIpc) is 4.03. The fourth-order valence-electron chi connectivity index (χ4n) is 8.44. The van der Waals surface area contributed by atoms with Crippen LogP contribution in [0.5, 0.6) is 11.5 Å². The van der Waals surface area contributed by atoms with E-state index >= 15 is 0 Å². The van der Waals surface area contributed by atoms with E-state index in [-0.39, 0.29) is 17.5 Å². The van der Waals surface area contributed by atoms with Gasteiger partial charge < -0.3 is 56.2 Å². The van der Waals surface area contributed by atoms with Crippen LogP contribution in [0.3, 0.4) is 0 Å². The molecule has 8 N–H and O–H groups in total. The molecule has 0 aliphatic rings. The van der Waals surface area contributed by atoms with Gasteiger partial charge in [-0.15, -0.1) is 0 Å². The molecule has 21 nitrogen and oxygen atoms in total. The molecule has 8 rings (SSSR count). The molecular formula is C54H60N16O5. The van der Waals surface area contributed by atoms with Crippen molar-refractivity contribution < 1.29 is 23.9 Å². The molecule has 0 radical (unpaired) electrons. The Morgan fingerprint density at radius 2 is 1.24 bits per heavy atom. The Bertz CT molecular complexity index is 3420. The van der Waals surface area contributed by atoms with Crippen molar-refractivity contribution in [3.63, 3.8) is 0 Å². The summed E-state index contributed by atoms with van der Waals surface area (Å²) in [5.74, 6) is -0.0268.